The number of hydrogen-bond donors (Lipinski definition) is 1. The number of ether oxygens (including phenoxy) is 3. The molecular formula is C32H38N2O5. The van der Waals surface area contributed by atoms with Gasteiger partial charge in [0.05, 0.1) is 19.8 Å². The molecule has 0 unspecified atom stereocenters. The lowest BCUT2D eigenvalue weighted by Gasteiger charge is -2.34. The van der Waals surface area contributed by atoms with E-state index in [0.29, 0.717) is 43.1 Å². The number of anilines is 1. The predicted molar refractivity (Wildman–Crippen MR) is 155 cm³/mol. The number of carbonyl (C=O) groups is 2. The van der Waals surface area contributed by atoms with Gasteiger partial charge in [0.1, 0.15) is 18.6 Å². The van der Waals surface area contributed by atoms with E-state index in [4.69, 9.17) is 14.2 Å². The van der Waals surface area contributed by atoms with E-state index in [2.05, 4.69) is 41.9 Å². The van der Waals surface area contributed by atoms with Crippen LogP contribution in [-0.4, -0.2) is 58.3 Å². The number of unbranched alkanes of at least 4 members (excludes halogenated alkanes) is 1. The number of hydrogen-bond acceptors (Lipinski definition) is 6. The van der Waals surface area contributed by atoms with Crippen LogP contribution in [0.2, 0.25) is 0 Å². The van der Waals surface area contributed by atoms with Gasteiger partial charge < -0.3 is 24.4 Å². The Labute approximate surface area is 231 Å². The van der Waals surface area contributed by atoms with Crippen molar-refractivity contribution >= 4 is 24.0 Å². The van der Waals surface area contributed by atoms with E-state index in [1.54, 1.807) is 0 Å². The molecule has 39 heavy (non-hydrogen) atoms. The lowest BCUT2D eigenvalue weighted by molar-refractivity contribution is -0.116. The summed E-state index contributed by atoms with van der Waals surface area (Å²) in [6, 6.07) is 14.4. The quantitative estimate of drug-likeness (QED) is 0.157. The average molecular weight is 531 g/mol. The second-order valence-corrected chi connectivity index (χ2v) is 9.80. The Hall–Kier alpha value is -3.68. The molecule has 0 saturated carbocycles. The summed E-state index contributed by atoms with van der Waals surface area (Å²) in [5, 5.41) is 2.80. The number of rotatable bonds is 14. The van der Waals surface area contributed by atoms with Crippen molar-refractivity contribution in [3.8, 4) is 16.9 Å². The maximum atomic E-state index is 13.1. The zero-order valence-electron chi connectivity index (χ0n) is 22.7. The van der Waals surface area contributed by atoms with Crippen LogP contribution in [0.15, 0.2) is 72.5 Å². The first-order valence-corrected chi connectivity index (χ1v) is 13.7. The minimum Gasteiger partial charge on any atom is -0.491 e. The first-order valence-electron chi connectivity index (χ1n) is 13.7. The largest absolute Gasteiger partial charge is 0.491 e. The Balaban J connectivity index is 1.52. The van der Waals surface area contributed by atoms with E-state index in [0.717, 1.165) is 73.9 Å². The Morgan fingerprint density at radius 3 is 2.62 bits per heavy atom. The second-order valence-electron chi connectivity index (χ2n) is 9.80. The molecule has 2 aromatic rings. The standard InChI is InChI=1S/C32H38N2O5/c1-3-5-16-37-17-18-39-30-9-6-25(7-10-30)26-8-11-31-28(19-26)20-27(32(36)33-29(4-2)13-15-35)12-14-34(31)21-24-22-38-23-24/h4,6-11,13,15,19-20,24H,2-3,5,12,14,16-18,21-23H2,1H3,(H,33,36)/b29-13+. The Kier molecular flexibility index (Phi) is 10.5. The van der Waals surface area contributed by atoms with E-state index in [1.807, 2.05) is 30.3 Å². The SMILES string of the molecule is C=C/C(=C\C=O)NC(=O)C1=Cc2cc(-c3ccc(OCCOCCCC)cc3)ccc2N(CC2COC2)CC1. The van der Waals surface area contributed by atoms with E-state index < -0.39 is 0 Å². The number of nitrogens with one attached hydrogen (secondary N) is 1. The molecule has 0 aromatic heterocycles. The number of aldehydes is 1. The summed E-state index contributed by atoms with van der Waals surface area (Å²) < 4.78 is 16.8. The summed E-state index contributed by atoms with van der Waals surface area (Å²) in [4.78, 5) is 26.4. The van der Waals surface area contributed by atoms with Crippen molar-refractivity contribution in [3.05, 3.63) is 78.0 Å². The molecule has 2 aliphatic heterocycles. The van der Waals surface area contributed by atoms with Crippen LogP contribution in [-0.2, 0) is 19.1 Å². The van der Waals surface area contributed by atoms with Gasteiger partial charge in [0.2, 0.25) is 0 Å². The highest BCUT2D eigenvalue weighted by atomic mass is 16.5. The zero-order valence-corrected chi connectivity index (χ0v) is 22.7. The van der Waals surface area contributed by atoms with Crippen molar-refractivity contribution < 1.29 is 23.8 Å². The maximum Gasteiger partial charge on any atom is 0.251 e. The van der Waals surface area contributed by atoms with Crippen LogP contribution in [0.25, 0.3) is 17.2 Å². The minimum absolute atomic E-state index is 0.228. The Bertz CT molecular complexity index is 1200. The number of amides is 1. The topological polar surface area (TPSA) is 77.1 Å². The van der Waals surface area contributed by atoms with Crippen molar-refractivity contribution in [3.63, 3.8) is 0 Å². The van der Waals surface area contributed by atoms with E-state index in [-0.39, 0.29) is 5.91 Å². The molecule has 0 aliphatic carbocycles. The number of fused-ring (bicyclic) bond motifs is 1. The molecule has 0 bridgehead atoms. The molecule has 1 saturated heterocycles. The molecule has 206 valence electrons. The van der Waals surface area contributed by atoms with Crippen LogP contribution < -0.4 is 15.0 Å². The molecule has 0 spiro atoms. The summed E-state index contributed by atoms with van der Waals surface area (Å²) in [6.07, 6.45) is 8.14. The molecule has 1 N–H and O–H groups in total. The van der Waals surface area contributed by atoms with E-state index in [1.165, 1.54) is 12.2 Å². The van der Waals surface area contributed by atoms with Crippen molar-refractivity contribution in [2.75, 3.05) is 51.0 Å². The predicted octanol–water partition coefficient (Wildman–Crippen LogP) is 5.17. The zero-order chi connectivity index (χ0) is 27.5. The van der Waals surface area contributed by atoms with Crippen molar-refractivity contribution in [2.24, 2.45) is 5.92 Å². The van der Waals surface area contributed by atoms with Crippen LogP contribution in [0, 0.1) is 5.92 Å². The number of carbonyl (C=O) groups excluding carboxylic acids is 2. The highest BCUT2D eigenvalue weighted by Crippen LogP contribution is 2.34. The average Bonchev–Trinajstić information content (AvgIpc) is 3.11. The van der Waals surface area contributed by atoms with Crippen LogP contribution in [0.3, 0.4) is 0 Å². The van der Waals surface area contributed by atoms with Gasteiger partial charge in [0, 0.05) is 48.6 Å². The fraction of sp³-hybridized carbons (Fsp3) is 0.375. The van der Waals surface area contributed by atoms with Gasteiger partial charge in [-0.25, -0.2) is 0 Å². The van der Waals surface area contributed by atoms with Gasteiger partial charge >= 0.3 is 0 Å². The van der Waals surface area contributed by atoms with Gasteiger partial charge in [-0.15, -0.1) is 0 Å². The van der Waals surface area contributed by atoms with Gasteiger partial charge in [-0.3, -0.25) is 9.59 Å². The molecule has 7 nitrogen and oxygen atoms in total. The molecular weight excluding hydrogens is 492 g/mol. The normalized spacial score (nSPS) is 15.5. The van der Waals surface area contributed by atoms with E-state index in [9.17, 15) is 9.59 Å². The molecule has 0 radical (unpaired) electrons. The second kappa shape index (κ2) is 14.5. The highest BCUT2D eigenvalue weighted by Gasteiger charge is 2.26. The molecule has 2 heterocycles. The van der Waals surface area contributed by atoms with Crippen LogP contribution in [0.1, 0.15) is 31.7 Å². The van der Waals surface area contributed by atoms with Crippen LogP contribution in [0.4, 0.5) is 5.69 Å². The van der Waals surface area contributed by atoms with Crippen LogP contribution >= 0.6 is 0 Å². The number of nitrogens with zero attached hydrogens (tertiary/aromatic N) is 1. The minimum atomic E-state index is -0.228. The van der Waals surface area contributed by atoms with Gasteiger partial charge in [-0.2, -0.15) is 0 Å². The summed E-state index contributed by atoms with van der Waals surface area (Å²) >= 11 is 0. The third-order valence-corrected chi connectivity index (χ3v) is 6.88. The molecule has 4 rings (SSSR count). The summed E-state index contributed by atoms with van der Waals surface area (Å²) in [6.45, 7) is 10.8. The fourth-order valence-electron chi connectivity index (χ4n) is 4.60. The Morgan fingerprint density at radius 2 is 1.92 bits per heavy atom. The van der Waals surface area contributed by atoms with Crippen molar-refractivity contribution in [2.45, 2.75) is 26.2 Å². The molecule has 2 aliphatic rings. The van der Waals surface area contributed by atoms with Crippen LogP contribution in [0.5, 0.6) is 5.75 Å². The smallest absolute Gasteiger partial charge is 0.251 e. The van der Waals surface area contributed by atoms with Gasteiger partial charge in [0.25, 0.3) is 5.91 Å². The summed E-state index contributed by atoms with van der Waals surface area (Å²) in [7, 11) is 0. The summed E-state index contributed by atoms with van der Waals surface area (Å²) in [5.74, 6) is 1.07. The van der Waals surface area contributed by atoms with Gasteiger partial charge in [-0.05, 0) is 65.9 Å². The molecule has 7 heteroatoms. The maximum absolute atomic E-state index is 13.1. The Morgan fingerprint density at radius 1 is 1.13 bits per heavy atom. The van der Waals surface area contributed by atoms with Crippen molar-refractivity contribution in [1.29, 1.82) is 0 Å². The van der Waals surface area contributed by atoms with Gasteiger partial charge in [-0.1, -0.05) is 38.1 Å². The van der Waals surface area contributed by atoms with Crippen molar-refractivity contribution in [1.82, 2.24) is 5.32 Å². The molecule has 1 fully saturated rings. The van der Waals surface area contributed by atoms with E-state index >= 15 is 0 Å². The molecule has 2 aromatic carbocycles. The fourth-order valence-corrected chi connectivity index (χ4v) is 4.60. The summed E-state index contributed by atoms with van der Waals surface area (Å²) in [5.41, 5.74) is 5.25. The molecule has 1 amide bonds. The molecule has 0 atom stereocenters. The monoisotopic (exact) mass is 530 g/mol. The first-order chi connectivity index (χ1) is 19.1. The number of allylic oxidation sites excluding steroid dienone is 2. The first kappa shape index (κ1) is 28.3. The lowest BCUT2D eigenvalue weighted by Crippen LogP contribution is -2.40. The highest BCUT2D eigenvalue weighted by molar-refractivity contribution is 6.00. The lowest BCUT2D eigenvalue weighted by atomic mass is 9.99. The van der Waals surface area contributed by atoms with Gasteiger partial charge in [0.15, 0.2) is 0 Å². The third kappa shape index (κ3) is 7.91. The third-order valence-electron chi connectivity index (χ3n) is 6.88. The number of benzene rings is 2.